The van der Waals surface area contributed by atoms with Crippen LogP contribution >= 0.6 is 0 Å². The molecule has 0 aliphatic heterocycles. The van der Waals surface area contributed by atoms with Gasteiger partial charge in [-0.15, -0.1) is 0 Å². The average Bonchev–Trinajstić information content (AvgIpc) is 2.80. The number of halogens is 3. The Kier molecular flexibility index (Phi) is 2.78. The van der Waals surface area contributed by atoms with E-state index in [0.717, 1.165) is 16.8 Å². The number of nitrogens with zero attached hydrogens (tertiary/aromatic N) is 2. The van der Waals surface area contributed by atoms with Crippen LogP contribution in [0.15, 0.2) is 48.5 Å². The van der Waals surface area contributed by atoms with Crippen LogP contribution in [0, 0.1) is 0 Å². The molecule has 0 amide bonds. The highest BCUT2D eigenvalue weighted by atomic mass is 19.4. The van der Waals surface area contributed by atoms with Crippen molar-refractivity contribution in [3.63, 3.8) is 0 Å². The molecule has 20 heavy (non-hydrogen) atoms. The van der Waals surface area contributed by atoms with E-state index in [-0.39, 0.29) is 0 Å². The Morgan fingerprint density at radius 2 is 1.65 bits per heavy atom. The van der Waals surface area contributed by atoms with Crippen LogP contribution in [0.4, 0.5) is 13.2 Å². The van der Waals surface area contributed by atoms with E-state index in [9.17, 15) is 13.2 Å². The van der Waals surface area contributed by atoms with Crippen LogP contribution < -0.4 is 0 Å². The third-order valence-electron chi connectivity index (χ3n) is 3.22. The van der Waals surface area contributed by atoms with Gasteiger partial charge in [-0.3, -0.25) is 4.68 Å². The van der Waals surface area contributed by atoms with Gasteiger partial charge in [0.05, 0.1) is 5.69 Å². The smallest absolute Gasteiger partial charge is 0.267 e. The molecular formula is C15H11F3N2. The summed E-state index contributed by atoms with van der Waals surface area (Å²) >= 11 is 0. The van der Waals surface area contributed by atoms with Gasteiger partial charge in [-0.25, -0.2) is 0 Å². The maximum Gasteiger partial charge on any atom is 0.435 e. The van der Waals surface area contributed by atoms with Gasteiger partial charge in [-0.2, -0.15) is 18.3 Å². The number of hydrogen-bond donors (Lipinski definition) is 0. The first-order valence-corrected chi connectivity index (χ1v) is 6.05. The van der Waals surface area contributed by atoms with Gasteiger partial charge < -0.3 is 0 Å². The van der Waals surface area contributed by atoms with Gasteiger partial charge in [0.15, 0.2) is 5.69 Å². The number of alkyl halides is 3. The van der Waals surface area contributed by atoms with Crippen LogP contribution in [0.1, 0.15) is 5.69 Å². The van der Waals surface area contributed by atoms with E-state index >= 15 is 0 Å². The van der Waals surface area contributed by atoms with Crippen LogP contribution in [0.2, 0.25) is 0 Å². The Bertz CT molecular complexity index is 772. The molecule has 0 fully saturated rings. The molecule has 0 radical (unpaired) electrons. The van der Waals surface area contributed by atoms with Gasteiger partial charge >= 0.3 is 6.18 Å². The minimum absolute atomic E-state index is 0.447. The molecule has 0 bridgehead atoms. The second kappa shape index (κ2) is 4.37. The largest absolute Gasteiger partial charge is 0.435 e. The van der Waals surface area contributed by atoms with Crippen LogP contribution in [-0.4, -0.2) is 9.78 Å². The molecule has 5 heteroatoms. The van der Waals surface area contributed by atoms with E-state index in [4.69, 9.17) is 0 Å². The van der Waals surface area contributed by atoms with Gasteiger partial charge in [0.25, 0.3) is 0 Å². The normalized spacial score (nSPS) is 12.0. The van der Waals surface area contributed by atoms with E-state index in [1.165, 1.54) is 11.7 Å². The van der Waals surface area contributed by atoms with Gasteiger partial charge in [0, 0.05) is 12.6 Å². The highest BCUT2D eigenvalue weighted by Crippen LogP contribution is 2.32. The molecule has 1 aromatic heterocycles. The molecule has 0 saturated carbocycles. The topological polar surface area (TPSA) is 17.8 Å². The molecule has 0 saturated heterocycles. The quantitative estimate of drug-likeness (QED) is 0.649. The first kappa shape index (κ1) is 12.7. The number of aryl methyl sites for hydroxylation is 1. The van der Waals surface area contributed by atoms with Crippen molar-refractivity contribution in [1.29, 1.82) is 0 Å². The van der Waals surface area contributed by atoms with E-state index in [0.29, 0.717) is 11.3 Å². The van der Waals surface area contributed by atoms with Crippen LogP contribution in [-0.2, 0) is 13.2 Å². The summed E-state index contributed by atoms with van der Waals surface area (Å²) in [6.45, 7) is 0. The third-order valence-corrected chi connectivity index (χ3v) is 3.22. The molecule has 102 valence electrons. The average molecular weight is 276 g/mol. The number of fused-ring (bicyclic) bond motifs is 1. The van der Waals surface area contributed by atoms with E-state index < -0.39 is 11.9 Å². The zero-order chi connectivity index (χ0) is 14.3. The minimum atomic E-state index is -4.42. The van der Waals surface area contributed by atoms with Crippen molar-refractivity contribution >= 4 is 10.8 Å². The van der Waals surface area contributed by atoms with Crippen molar-refractivity contribution < 1.29 is 13.2 Å². The molecule has 3 aromatic rings. The molecule has 2 nitrogen and oxygen atoms in total. The Labute approximate surface area is 113 Å². The summed E-state index contributed by atoms with van der Waals surface area (Å²) in [6, 6.07) is 14.4. The number of rotatable bonds is 1. The highest BCUT2D eigenvalue weighted by molar-refractivity contribution is 5.86. The lowest BCUT2D eigenvalue weighted by molar-refractivity contribution is -0.141. The summed E-state index contributed by atoms with van der Waals surface area (Å²) in [6.07, 6.45) is -4.42. The van der Waals surface area contributed by atoms with Gasteiger partial charge in [0.1, 0.15) is 0 Å². The minimum Gasteiger partial charge on any atom is -0.267 e. The summed E-state index contributed by atoms with van der Waals surface area (Å²) in [4.78, 5) is 0. The second-order valence-corrected chi connectivity index (χ2v) is 4.60. The molecule has 3 rings (SSSR count). The monoisotopic (exact) mass is 276 g/mol. The summed E-state index contributed by atoms with van der Waals surface area (Å²) in [5.74, 6) is 0. The third kappa shape index (κ3) is 2.15. The number of hydrogen-bond acceptors (Lipinski definition) is 1. The summed E-state index contributed by atoms with van der Waals surface area (Å²) in [7, 11) is 1.51. The first-order chi connectivity index (χ1) is 9.45. The fourth-order valence-electron chi connectivity index (χ4n) is 2.22. The lowest BCUT2D eigenvalue weighted by atomic mass is 10.0. The SMILES string of the molecule is Cn1nc(C(F)(F)F)cc1-c1ccc2ccccc2c1. The van der Waals surface area contributed by atoms with Crippen molar-refractivity contribution in [3.05, 3.63) is 54.2 Å². The van der Waals surface area contributed by atoms with Gasteiger partial charge in [-0.1, -0.05) is 36.4 Å². The molecule has 0 unspecified atom stereocenters. The maximum atomic E-state index is 12.7. The molecule has 1 heterocycles. The first-order valence-electron chi connectivity index (χ1n) is 6.05. The van der Waals surface area contributed by atoms with Crippen molar-refractivity contribution in [2.45, 2.75) is 6.18 Å². The molecule has 0 aliphatic carbocycles. The Hall–Kier alpha value is -2.30. The van der Waals surface area contributed by atoms with Crippen LogP contribution in [0.5, 0.6) is 0 Å². The fraction of sp³-hybridized carbons (Fsp3) is 0.133. The predicted octanol–water partition coefficient (Wildman–Crippen LogP) is 4.26. The molecule has 0 spiro atoms. The van der Waals surface area contributed by atoms with E-state index in [1.807, 2.05) is 36.4 Å². The molecule has 0 aliphatic rings. The predicted molar refractivity (Wildman–Crippen MR) is 71.2 cm³/mol. The zero-order valence-electron chi connectivity index (χ0n) is 10.6. The second-order valence-electron chi connectivity index (χ2n) is 4.60. The molecule has 2 aromatic carbocycles. The van der Waals surface area contributed by atoms with Gasteiger partial charge in [0.2, 0.25) is 0 Å². The molecule has 0 N–H and O–H groups in total. The number of benzene rings is 2. The lowest BCUT2D eigenvalue weighted by Crippen LogP contribution is -2.06. The maximum absolute atomic E-state index is 12.7. The standard InChI is InChI=1S/C15H11F3N2/c1-20-13(9-14(19-20)15(16,17)18)12-7-6-10-4-2-3-5-11(10)8-12/h2-9H,1H3. The van der Waals surface area contributed by atoms with Gasteiger partial charge in [-0.05, 0) is 22.9 Å². The van der Waals surface area contributed by atoms with Crippen LogP contribution in [0.3, 0.4) is 0 Å². The number of aromatic nitrogens is 2. The van der Waals surface area contributed by atoms with Crippen molar-refractivity contribution in [2.75, 3.05) is 0 Å². The molecular weight excluding hydrogens is 265 g/mol. The van der Waals surface area contributed by atoms with E-state index in [2.05, 4.69) is 5.10 Å². The van der Waals surface area contributed by atoms with Crippen LogP contribution in [0.25, 0.3) is 22.0 Å². The Balaban J connectivity index is 2.13. The Morgan fingerprint density at radius 3 is 2.30 bits per heavy atom. The van der Waals surface area contributed by atoms with Crippen molar-refractivity contribution in [2.24, 2.45) is 7.05 Å². The zero-order valence-corrected chi connectivity index (χ0v) is 10.6. The highest BCUT2D eigenvalue weighted by Gasteiger charge is 2.34. The summed E-state index contributed by atoms with van der Waals surface area (Å²) in [5, 5.41) is 5.57. The lowest BCUT2D eigenvalue weighted by Gasteiger charge is -2.04. The van der Waals surface area contributed by atoms with E-state index in [1.54, 1.807) is 6.07 Å². The van der Waals surface area contributed by atoms with Crippen molar-refractivity contribution in [1.82, 2.24) is 9.78 Å². The molecule has 0 atom stereocenters. The van der Waals surface area contributed by atoms with Crippen molar-refractivity contribution in [3.8, 4) is 11.3 Å². The fourth-order valence-corrected chi connectivity index (χ4v) is 2.22. The summed E-state index contributed by atoms with van der Waals surface area (Å²) < 4.78 is 39.3. The summed E-state index contributed by atoms with van der Waals surface area (Å²) in [5.41, 5.74) is 0.292. The Morgan fingerprint density at radius 1 is 0.950 bits per heavy atom.